The molecule has 1 aromatic heterocycles. The number of halogens is 2. The van der Waals surface area contributed by atoms with Gasteiger partial charge in [-0.15, -0.1) is 0 Å². The van der Waals surface area contributed by atoms with Crippen molar-refractivity contribution in [1.29, 1.82) is 0 Å². The maximum absolute atomic E-state index is 11.9. The van der Waals surface area contributed by atoms with Crippen molar-refractivity contribution in [3.63, 3.8) is 0 Å². The van der Waals surface area contributed by atoms with Gasteiger partial charge in [-0.25, -0.2) is 0 Å². The summed E-state index contributed by atoms with van der Waals surface area (Å²) in [7, 11) is 0. The molecule has 0 atom stereocenters. The normalized spacial score (nSPS) is 19.2. The van der Waals surface area contributed by atoms with Crippen LogP contribution >= 0.6 is 23.2 Å². The van der Waals surface area contributed by atoms with E-state index in [0.29, 0.717) is 13.0 Å². The summed E-state index contributed by atoms with van der Waals surface area (Å²) in [4.78, 5) is 17.8. The summed E-state index contributed by atoms with van der Waals surface area (Å²) in [6.07, 6.45) is 0.447. The maximum atomic E-state index is 11.9. The van der Waals surface area contributed by atoms with Crippen molar-refractivity contribution in [3.05, 3.63) is 23.5 Å². The molecule has 0 unspecified atom stereocenters. The second-order valence-corrected chi connectivity index (χ2v) is 5.45. The first kappa shape index (κ1) is 11.7. The highest BCUT2D eigenvalue weighted by atomic mass is 35.5. The van der Waals surface area contributed by atoms with Crippen LogP contribution in [0.15, 0.2) is 12.1 Å². The fraction of sp³-hybridized carbons (Fsp3) is 0.455. The molecule has 1 aliphatic heterocycles. The molecule has 0 spiro atoms. The second kappa shape index (κ2) is 3.90. The van der Waals surface area contributed by atoms with Crippen LogP contribution in [0, 0.1) is 13.8 Å². The van der Waals surface area contributed by atoms with E-state index in [0.717, 1.165) is 17.1 Å². The monoisotopic (exact) mass is 258 g/mol. The van der Waals surface area contributed by atoms with Gasteiger partial charge in [-0.1, -0.05) is 23.2 Å². The third kappa shape index (κ3) is 1.89. The third-order valence-electron chi connectivity index (χ3n) is 2.70. The van der Waals surface area contributed by atoms with Crippen LogP contribution in [0.2, 0.25) is 0 Å². The predicted octanol–water partition coefficient (Wildman–Crippen LogP) is 2.61. The Labute approximate surface area is 104 Å². The molecule has 2 rings (SSSR count). The van der Waals surface area contributed by atoms with Crippen LogP contribution in [0.5, 0.6) is 0 Å². The lowest BCUT2D eigenvalue weighted by Gasteiger charge is -2.19. The molecule has 0 saturated carbocycles. The number of alkyl halides is 2. The van der Waals surface area contributed by atoms with Gasteiger partial charge in [-0.2, -0.15) is 0 Å². The molecule has 2 heterocycles. The van der Waals surface area contributed by atoms with E-state index in [2.05, 4.69) is 4.98 Å². The second-order valence-electron chi connectivity index (χ2n) is 3.97. The molecule has 3 nitrogen and oxygen atoms in total. The predicted molar refractivity (Wildman–Crippen MR) is 65.1 cm³/mol. The Hall–Kier alpha value is -0.800. The Morgan fingerprint density at radius 1 is 1.38 bits per heavy atom. The lowest BCUT2D eigenvalue weighted by Crippen LogP contribution is -2.32. The van der Waals surface area contributed by atoms with Gasteiger partial charge in [-0.05, 0) is 26.0 Å². The number of hydrogen-bond donors (Lipinski definition) is 0. The molecule has 1 aromatic rings. The minimum absolute atomic E-state index is 0.260. The Bertz CT molecular complexity index is 446. The van der Waals surface area contributed by atoms with E-state index in [1.54, 1.807) is 4.90 Å². The maximum Gasteiger partial charge on any atom is 0.263 e. The smallest absolute Gasteiger partial charge is 0.263 e. The van der Waals surface area contributed by atoms with Gasteiger partial charge in [0.25, 0.3) is 5.91 Å². The summed E-state index contributed by atoms with van der Waals surface area (Å²) >= 11 is 11.8. The lowest BCUT2D eigenvalue weighted by atomic mass is 10.2. The highest BCUT2D eigenvalue weighted by Gasteiger charge is 2.44. The number of aromatic nitrogens is 1. The number of rotatable bonds is 1. The summed E-state index contributed by atoms with van der Waals surface area (Å²) in [6, 6.07) is 3.75. The van der Waals surface area contributed by atoms with E-state index in [9.17, 15) is 4.79 Å². The number of amides is 1. The van der Waals surface area contributed by atoms with Gasteiger partial charge in [0, 0.05) is 18.7 Å². The largest absolute Gasteiger partial charge is 0.308 e. The summed E-state index contributed by atoms with van der Waals surface area (Å²) < 4.78 is -1.28. The van der Waals surface area contributed by atoms with E-state index >= 15 is 0 Å². The number of carbonyl (C=O) groups excluding carboxylic acids is 1. The summed E-state index contributed by atoms with van der Waals surface area (Å²) in [6.45, 7) is 4.32. The van der Waals surface area contributed by atoms with Crippen LogP contribution < -0.4 is 4.90 Å². The summed E-state index contributed by atoms with van der Waals surface area (Å²) in [5.41, 5.74) is 2.54. The van der Waals surface area contributed by atoms with Crippen LogP contribution in [-0.2, 0) is 4.79 Å². The first-order chi connectivity index (χ1) is 7.42. The van der Waals surface area contributed by atoms with Gasteiger partial charge in [0.2, 0.25) is 0 Å². The number of nitrogens with zero attached hydrogens (tertiary/aromatic N) is 2. The van der Waals surface area contributed by atoms with Gasteiger partial charge in [-0.3, -0.25) is 9.78 Å². The zero-order valence-electron chi connectivity index (χ0n) is 9.13. The number of anilines is 1. The number of carbonyl (C=O) groups is 1. The third-order valence-corrected chi connectivity index (χ3v) is 3.40. The molecule has 0 N–H and O–H groups in total. The molecular formula is C11H12Cl2N2O. The molecule has 0 bridgehead atoms. The van der Waals surface area contributed by atoms with Crippen LogP contribution in [0.4, 0.5) is 5.69 Å². The van der Waals surface area contributed by atoms with Crippen molar-refractivity contribution in [2.45, 2.75) is 24.6 Å². The minimum Gasteiger partial charge on any atom is -0.308 e. The Morgan fingerprint density at radius 2 is 2.06 bits per heavy atom. The quantitative estimate of drug-likeness (QED) is 0.726. The van der Waals surface area contributed by atoms with Crippen LogP contribution in [0.3, 0.4) is 0 Å². The van der Waals surface area contributed by atoms with E-state index in [4.69, 9.17) is 23.2 Å². The molecule has 1 aliphatic rings. The van der Waals surface area contributed by atoms with Crippen molar-refractivity contribution < 1.29 is 4.79 Å². The number of hydrogen-bond acceptors (Lipinski definition) is 2. The summed E-state index contributed by atoms with van der Waals surface area (Å²) in [5.74, 6) is -0.260. The van der Waals surface area contributed by atoms with Crippen molar-refractivity contribution in [2.24, 2.45) is 0 Å². The van der Waals surface area contributed by atoms with E-state index in [1.807, 2.05) is 26.0 Å². The van der Waals surface area contributed by atoms with Gasteiger partial charge in [0.15, 0.2) is 4.33 Å². The highest BCUT2D eigenvalue weighted by molar-refractivity contribution is 6.59. The van der Waals surface area contributed by atoms with E-state index in [1.165, 1.54) is 0 Å². The highest BCUT2D eigenvalue weighted by Crippen LogP contribution is 2.37. The Kier molecular flexibility index (Phi) is 2.84. The molecular weight excluding hydrogens is 247 g/mol. The zero-order valence-corrected chi connectivity index (χ0v) is 10.6. The van der Waals surface area contributed by atoms with Crippen LogP contribution in [-0.4, -0.2) is 21.8 Å². The van der Waals surface area contributed by atoms with Gasteiger partial charge in [0.1, 0.15) is 0 Å². The average Bonchev–Trinajstić information content (AvgIpc) is 2.44. The molecule has 1 saturated heterocycles. The molecule has 1 amide bonds. The fourth-order valence-electron chi connectivity index (χ4n) is 1.85. The molecule has 1 fully saturated rings. The average molecular weight is 259 g/mol. The molecule has 0 radical (unpaired) electrons. The Morgan fingerprint density at radius 3 is 2.56 bits per heavy atom. The summed E-state index contributed by atoms with van der Waals surface area (Å²) in [5, 5.41) is 0. The van der Waals surface area contributed by atoms with Gasteiger partial charge in [0.05, 0.1) is 11.4 Å². The van der Waals surface area contributed by atoms with E-state index < -0.39 is 4.33 Å². The SMILES string of the molecule is Cc1ccc(N2CCC(Cl)(Cl)C2=O)c(C)n1. The zero-order chi connectivity index (χ0) is 11.9. The van der Waals surface area contributed by atoms with Crippen molar-refractivity contribution in [1.82, 2.24) is 4.98 Å². The molecule has 5 heteroatoms. The van der Waals surface area contributed by atoms with Crippen LogP contribution in [0.1, 0.15) is 17.8 Å². The topological polar surface area (TPSA) is 33.2 Å². The van der Waals surface area contributed by atoms with Crippen molar-refractivity contribution >= 4 is 34.8 Å². The van der Waals surface area contributed by atoms with Crippen molar-refractivity contribution in [3.8, 4) is 0 Å². The molecule has 0 aromatic carbocycles. The number of aryl methyl sites for hydroxylation is 2. The molecule has 86 valence electrons. The molecule has 16 heavy (non-hydrogen) atoms. The fourth-order valence-corrected chi connectivity index (χ4v) is 2.23. The van der Waals surface area contributed by atoms with E-state index in [-0.39, 0.29) is 5.91 Å². The molecule has 0 aliphatic carbocycles. The first-order valence-electron chi connectivity index (χ1n) is 5.06. The van der Waals surface area contributed by atoms with Gasteiger partial charge < -0.3 is 4.90 Å². The number of pyridine rings is 1. The standard InChI is InChI=1S/C11H12Cl2N2O/c1-7-3-4-9(8(2)14-7)15-6-5-11(12,13)10(15)16/h3-4H,5-6H2,1-2H3. The Balaban J connectivity index is 2.36. The minimum atomic E-state index is -1.28. The van der Waals surface area contributed by atoms with Crippen molar-refractivity contribution in [2.75, 3.05) is 11.4 Å². The first-order valence-corrected chi connectivity index (χ1v) is 5.81. The van der Waals surface area contributed by atoms with Gasteiger partial charge >= 0.3 is 0 Å². The van der Waals surface area contributed by atoms with Crippen LogP contribution in [0.25, 0.3) is 0 Å². The lowest BCUT2D eigenvalue weighted by molar-refractivity contribution is -0.117.